The maximum absolute atomic E-state index is 10.6. The summed E-state index contributed by atoms with van der Waals surface area (Å²) < 4.78 is 3.73. The summed E-state index contributed by atoms with van der Waals surface area (Å²) in [6, 6.07) is 1.93. The Balaban J connectivity index is 1.46. The Hall–Kier alpha value is -3.27. The van der Waals surface area contributed by atoms with Gasteiger partial charge < -0.3 is 19.6 Å². The van der Waals surface area contributed by atoms with E-state index in [0.29, 0.717) is 30.3 Å². The number of rotatable bonds is 3. The molecule has 1 atom stereocenters. The number of nitrogens with one attached hydrogen (secondary N) is 1. The molecule has 0 saturated heterocycles. The van der Waals surface area contributed by atoms with E-state index in [1.807, 2.05) is 17.8 Å². The fourth-order valence-electron chi connectivity index (χ4n) is 3.37. The van der Waals surface area contributed by atoms with Crippen LogP contribution in [0.1, 0.15) is 23.3 Å². The molecule has 0 saturated carbocycles. The maximum atomic E-state index is 10.6. The van der Waals surface area contributed by atoms with E-state index in [2.05, 4.69) is 34.9 Å². The van der Waals surface area contributed by atoms with E-state index >= 15 is 0 Å². The van der Waals surface area contributed by atoms with Gasteiger partial charge in [-0.1, -0.05) is 0 Å². The average Bonchev–Trinajstić information content (AvgIpc) is 3.38. The van der Waals surface area contributed by atoms with Gasteiger partial charge in [0.25, 0.3) is 0 Å². The molecule has 0 radical (unpaired) electrons. The summed E-state index contributed by atoms with van der Waals surface area (Å²) in [4.78, 5) is 22.3. The molecule has 0 fully saturated rings. The van der Waals surface area contributed by atoms with Crippen molar-refractivity contribution in [1.82, 2.24) is 39.3 Å². The molecule has 1 aliphatic rings. The second-order valence-electron chi connectivity index (χ2n) is 6.30. The van der Waals surface area contributed by atoms with Crippen molar-refractivity contribution in [1.29, 1.82) is 0 Å². The molecule has 5 rings (SSSR count). The predicted octanol–water partition coefficient (Wildman–Crippen LogP) is 0.385. The van der Waals surface area contributed by atoms with E-state index in [4.69, 9.17) is 0 Å². The van der Waals surface area contributed by atoms with Gasteiger partial charge in [-0.05, 0) is 6.07 Å². The minimum Gasteiger partial charge on any atom is -0.379 e. The van der Waals surface area contributed by atoms with Gasteiger partial charge in [-0.3, -0.25) is 4.68 Å². The summed E-state index contributed by atoms with van der Waals surface area (Å²) in [5.74, 6) is 1.40. The Morgan fingerprint density at radius 1 is 1.19 bits per heavy atom. The van der Waals surface area contributed by atoms with Crippen molar-refractivity contribution in [2.24, 2.45) is 7.05 Å². The molecule has 5 heterocycles. The number of H-pyrrole nitrogens is 1. The first-order chi connectivity index (χ1) is 12.7. The number of hydrogen-bond donors (Lipinski definition) is 2. The summed E-state index contributed by atoms with van der Waals surface area (Å²) in [7, 11) is 1.86. The minimum atomic E-state index is -0.847. The second kappa shape index (κ2) is 5.63. The molecule has 4 aromatic heterocycles. The summed E-state index contributed by atoms with van der Waals surface area (Å²) in [5, 5.41) is 15.2. The maximum Gasteiger partial charge on any atom is 0.182 e. The van der Waals surface area contributed by atoms with Gasteiger partial charge in [-0.2, -0.15) is 5.10 Å². The molecule has 4 aromatic rings. The molecule has 10 nitrogen and oxygen atoms in total. The largest absolute Gasteiger partial charge is 0.379 e. The standard InChI is InChI=1S/C16H17N9O/c1-23-3-2-17-16(23)13(26)11-6-10-7-24(4-5-25(10)22-11)15-12-14(19-8-18-12)20-9-21-15/h2-3,6,8-9,13,26H,4-5,7H2,1H3,(H,18,19,20,21). The van der Waals surface area contributed by atoms with Crippen LogP contribution in [-0.4, -0.2) is 50.9 Å². The van der Waals surface area contributed by atoms with Crippen LogP contribution in [0.5, 0.6) is 0 Å². The monoisotopic (exact) mass is 351 g/mol. The van der Waals surface area contributed by atoms with Gasteiger partial charge in [0.05, 0.1) is 30.8 Å². The van der Waals surface area contributed by atoms with Crippen molar-refractivity contribution in [2.75, 3.05) is 11.4 Å². The first-order valence-electron chi connectivity index (χ1n) is 8.31. The fourth-order valence-corrected chi connectivity index (χ4v) is 3.37. The van der Waals surface area contributed by atoms with Crippen molar-refractivity contribution >= 4 is 17.0 Å². The van der Waals surface area contributed by atoms with Crippen LogP contribution in [0.15, 0.2) is 31.1 Å². The molecular formula is C16H17N9O. The lowest BCUT2D eigenvalue weighted by Gasteiger charge is -2.28. The lowest BCUT2D eigenvalue weighted by molar-refractivity contribution is 0.200. The summed E-state index contributed by atoms with van der Waals surface area (Å²) in [5.41, 5.74) is 3.10. The highest BCUT2D eigenvalue weighted by atomic mass is 16.3. The number of aryl methyl sites for hydroxylation is 1. The number of aromatic nitrogens is 8. The highest BCUT2D eigenvalue weighted by molar-refractivity contribution is 5.82. The first-order valence-corrected chi connectivity index (χ1v) is 8.31. The Morgan fingerprint density at radius 3 is 2.96 bits per heavy atom. The van der Waals surface area contributed by atoms with E-state index < -0.39 is 6.10 Å². The van der Waals surface area contributed by atoms with E-state index in [1.165, 1.54) is 6.33 Å². The summed E-state index contributed by atoms with van der Waals surface area (Å²) in [6.45, 7) is 2.12. The van der Waals surface area contributed by atoms with Crippen LogP contribution >= 0.6 is 0 Å². The van der Waals surface area contributed by atoms with Gasteiger partial charge in [-0.25, -0.2) is 19.9 Å². The Kier molecular flexibility index (Phi) is 3.25. The van der Waals surface area contributed by atoms with E-state index in [0.717, 1.165) is 23.6 Å². The molecule has 132 valence electrons. The third-order valence-corrected chi connectivity index (χ3v) is 4.70. The lowest BCUT2D eigenvalue weighted by Crippen LogP contribution is -2.34. The van der Waals surface area contributed by atoms with E-state index in [9.17, 15) is 5.11 Å². The number of aromatic amines is 1. The third kappa shape index (κ3) is 2.26. The van der Waals surface area contributed by atoms with Crippen LogP contribution in [0.4, 0.5) is 5.82 Å². The molecule has 10 heteroatoms. The summed E-state index contributed by atoms with van der Waals surface area (Å²) in [6.07, 6.45) is 5.78. The fraction of sp³-hybridized carbons (Fsp3) is 0.312. The van der Waals surface area contributed by atoms with Gasteiger partial charge >= 0.3 is 0 Å². The van der Waals surface area contributed by atoms with Gasteiger partial charge in [0.1, 0.15) is 17.7 Å². The molecule has 0 spiro atoms. The van der Waals surface area contributed by atoms with Crippen molar-refractivity contribution in [2.45, 2.75) is 19.2 Å². The highest BCUT2D eigenvalue weighted by Crippen LogP contribution is 2.26. The van der Waals surface area contributed by atoms with Crippen LogP contribution in [0.3, 0.4) is 0 Å². The zero-order chi connectivity index (χ0) is 17.7. The number of fused-ring (bicyclic) bond motifs is 2. The zero-order valence-electron chi connectivity index (χ0n) is 14.1. The van der Waals surface area contributed by atoms with Crippen molar-refractivity contribution in [3.05, 3.63) is 48.3 Å². The Bertz CT molecular complexity index is 1080. The quantitative estimate of drug-likeness (QED) is 0.549. The Labute approximate surface area is 148 Å². The molecule has 1 unspecified atom stereocenters. The highest BCUT2D eigenvalue weighted by Gasteiger charge is 2.25. The van der Waals surface area contributed by atoms with Crippen LogP contribution in [0.2, 0.25) is 0 Å². The number of hydrogen-bond acceptors (Lipinski definition) is 7. The lowest BCUT2D eigenvalue weighted by atomic mass is 10.2. The Morgan fingerprint density at radius 2 is 2.12 bits per heavy atom. The molecule has 26 heavy (non-hydrogen) atoms. The van der Waals surface area contributed by atoms with Crippen LogP contribution in [0, 0.1) is 0 Å². The number of nitrogens with zero attached hydrogens (tertiary/aromatic N) is 8. The molecular weight excluding hydrogens is 334 g/mol. The zero-order valence-corrected chi connectivity index (χ0v) is 14.1. The third-order valence-electron chi connectivity index (χ3n) is 4.70. The number of imidazole rings is 2. The van der Waals surface area contributed by atoms with Crippen LogP contribution < -0.4 is 4.90 Å². The van der Waals surface area contributed by atoms with E-state index in [1.54, 1.807) is 23.3 Å². The number of anilines is 1. The van der Waals surface area contributed by atoms with Gasteiger partial charge in [-0.15, -0.1) is 0 Å². The van der Waals surface area contributed by atoms with Crippen molar-refractivity contribution in [3.8, 4) is 0 Å². The topological polar surface area (TPSA) is 114 Å². The molecule has 1 aliphatic heterocycles. The van der Waals surface area contributed by atoms with Crippen molar-refractivity contribution in [3.63, 3.8) is 0 Å². The molecule has 2 N–H and O–H groups in total. The first kappa shape index (κ1) is 15.0. The molecule has 0 aliphatic carbocycles. The normalized spacial score (nSPS) is 15.4. The van der Waals surface area contributed by atoms with Gasteiger partial charge in [0.15, 0.2) is 17.6 Å². The number of aliphatic hydroxyl groups is 1. The minimum absolute atomic E-state index is 0.576. The van der Waals surface area contributed by atoms with Gasteiger partial charge in [0, 0.05) is 26.0 Å². The SMILES string of the molecule is Cn1ccnc1C(O)c1cc2n(n1)CCN(c1ncnc3nc[nH]c13)C2. The number of aliphatic hydroxyl groups excluding tert-OH is 1. The molecule has 0 bridgehead atoms. The molecule has 0 aromatic carbocycles. The average molecular weight is 351 g/mol. The smallest absolute Gasteiger partial charge is 0.182 e. The summed E-state index contributed by atoms with van der Waals surface area (Å²) >= 11 is 0. The second-order valence-corrected chi connectivity index (χ2v) is 6.30. The predicted molar refractivity (Wildman–Crippen MR) is 92.2 cm³/mol. The van der Waals surface area contributed by atoms with Crippen molar-refractivity contribution < 1.29 is 5.11 Å². The van der Waals surface area contributed by atoms with Crippen LogP contribution in [-0.2, 0) is 20.1 Å². The molecule has 0 amide bonds. The van der Waals surface area contributed by atoms with Gasteiger partial charge in [0.2, 0.25) is 0 Å². The van der Waals surface area contributed by atoms with E-state index in [-0.39, 0.29) is 0 Å². The van der Waals surface area contributed by atoms with Crippen LogP contribution in [0.25, 0.3) is 11.2 Å².